The number of unbranched alkanes of at least 4 members (excludes halogenated alkanes) is 3. The van der Waals surface area contributed by atoms with E-state index in [0.717, 1.165) is 37.9 Å². The Morgan fingerprint density at radius 2 is 1.58 bits per heavy atom. The van der Waals surface area contributed by atoms with E-state index in [4.69, 9.17) is 4.74 Å². The molecule has 1 saturated carbocycles. The monoisotopic (exact) mass is 447 g/mol. The summed E-state index contributed by atoms with van der Waals surface area (Å²) in [6.07, 6.45) is 10.4. The van der Waals surface area contributed by atoms with E-state index in [1.54, 1.807) is 6.92 Å². The molecule has 1 fully saturated rings. The van der Waals surface area contributed by atoms with Crippen molar-refractivity contribution in [1.29, 1.82) is 5.26 Å². The van der Waals surface area contributed by atoms with Crippen molar-refractivity contribution in [3.63, 3.8) is 0 Å². The van der Waals surface area contributed by atoms with Gasteiger partial charge in [0.15, 0.2) is 0 Å². The van der Waals surface area contributed by atoms with Crippen molar-refractivity contribution in [3.8, 4) is 22.9 Å². The largest absolute Gasteiger partial charge is 0.491 e. The van der Waals surface area contributed by atoms with Crippen molar-refractivity contribution < 1.29 is 9.84 Å². The minimum Gasteiger partial charge on any atom is -0.491 e. The normalized spacial score (nSPS) is 22.3. The molecule has 0 radical (unpaired) electrons. The van der Waals surface area contributed by atoms with E-state index in [9.17, 15) is 10.4 Å². The standard InChI is InChI=1S/C30H41NO2/c1-4-5-6-7-8-24(3)33-29-15-13-27(14-16-29)25-9-11-26(12-10-25)28-17-19-30(22-31,20-18-28)21-23(2)32/h9-16,23-24,28,32H,4-8,17-21H2,1-3H3. The molecule has 0 saturated heterocycles. The van der Waals surface area contributed by atoms with Crippen LogP contribution in [0.2, 0.25) is 0 Å². The Bertz CT molecular complexity index is 871. The van der Waals surface area contributed by atoms with E-state index in [2.05, 4.69) is 68.4 Å². The quantitative estimate of drug-likeness (QED) is 0.355. The lowest BCUT2D eigenvalue weighted by Crippen LogP contribution is -2.29. The number of hydrogen-bond donors (Lipinski definition) is 1. The minimum absolute atomic E-state index is 0.253. The number of ether oxygens (including phenoxy) is 1. The average molecular weight is 448 g/mol. The van der Waals surface area contributed by atoms with Gasteiger partial charge < -0.3 is 9.84 Å². The molecule has 2 aromatic rings. The van der Waals surface area contributed by atoms with Gasteiger partial charge in [-0.15, -0.1) is 0 Å². The maximum absolute atomic E-state index is 9.78. The van der Waals surface area contributed by atoms with Gasteiger partial charge in [-0.05, 0) is 93.5 Å². The zero-order valence-electron chi connectivity index (χ0n) is 20.7. The number of hydrogen-bond acceptors (Lipinski definition) is 3. The third kappa shape index (κ3) is 7.34. The van der Waals surface area contributed by atoms with E-state index in [0.29, 0.717) is 12.3 Å². The molecular weight excluding hydrogens is 406 g/mol. The third-order valence-electron chi connectivity index (χ3n) is 7.24. The molecule has 2 unspecified atom stereocenters. The Balaban J connectivity index is 1.53. The molecule has 1 N–H and O–H groups in total. The molecule has 0 spiro atoms. The highest BCUT2D eigenvalue weighted by Gasteiger charge is 2.36. The van der Waals surface area contributed by atoms with Crippen molar-refractivity contribution in [2.75, 3.05) is 0 Å². The first-order valence-electron chi connectivity index (χ1n) is 12.9. The molecule has 1 aliphatic rings. The van der Waals surface area contributed by atoms with Crippen LogP contribution in [0.5, 0.6) is 5.75 Å². The van der Waals surface area contributed by atoms with Crippen LogP contribution < -0.4 is 4.74 Å². The predicted octanol–water partition coefficient (Wildman–Crippen LogP) is 8.03. The molecule has 0 heterocycles. The second-order valence-electron chi connectivity index (χ2n) is 10.1. The number of aliphatic hydroxyl groups excluding tert-OH is 1. The summed E-state index contributed by atoms with van der Waals surface area (Å²) < 4.78 is 6.10. The van der Waals surface area contributed by atoms with Crippen molar-refractivity contribution in [2.24, 2.45) is 5.41 Å². The summed E-state index contributed by atoms with van der Waals surface area (Å²) in [5, 5.41) is 19.4. The van der Waals surface area contributed by atoms with E-state index in [1.165, 1.54) is 42.4 Å². The molecule has 3 rings (SSSR count). The van der Waals surface area contributed by atoms with Gasteiger partial charge in [0.05, 0.1) is 23.7 Å². The zero-order valence-corrected chi connectivity index (χ0v) is 20.7. The summed E-state index contributed by atoms with van der Waals surface area (Å²) in [5.41, 5.74) is 3.43. The van der Waals surface area contributed by atoms with Crippen molar-refractivity contribution in [2.45, 2.75) is 103 Å². The van der Waals surface area contributed by atoms with Gasteiger partial charge in [-0.3, -0.25) is 0 Å². The van der Waals surface area contributed by atoms with E-state index >= 15 is 0 Å². The Morgan fingerprint density at radius 1 is 0.970 bits per heavy atom. The summed E-state index contributed by atoms with van der Waals surface area (Å²) in [6, 6.07) is 19.9. The van der Waals surface area contributed by atoms with Gasteiger partial charge >= 0.3 is 0 Å². The summed E-state index contributed by atoms with van der Waals surface area (Å²) in [5.74, 6) is 1.45. The number of nitriles is 1. The molecule has 3 nitrogen and oxygen atoms in total. The number of aliphatic hydroxyl groups is 1. The molecule has 0 bridgehead atoms. The first-order valence-corrected chi connectivity index (χ1v) is 12.9. The van der Waals surface area contributed by atoms with E-state index in [1.807, 2.05) is 0 Å². The molecule has 0 amide bonds. The number of nitrogens with zero attached hydrogens (tertiary/aromatic N) is 1. The Hall–Kier alpha value is -2.31. The summed E-state index contributed by atoms with van der Waals surface area (Å²) in [6.45, 7) is 6.19. The molecule has 3 heteroatoms. The zero-order chi connectivity index (χ0) is 23.7. The van der Waals surface area contributed by atoms with Gasteiger partial charge in [-0.1, -0.05) is 62.6 Å². The van der Waals surface area contributed by atoms with E-state index < -0.39 is 6.10 Å². The third-order valence-corrected chi connectivity index (χ3v) is 7.24. The lowest BCUT2D eigenvalue weighted by Gasteiger charge is -2.36. The van der Waals surface area contributed by atoms with Crippen molar-refractivity contribution in [1.82, 2.24) is 0 Å². The van der Waals surface area contributed by atoms with Gasteiger partial charge in [0.2, 0.25) is 0 Å². The van der Waals surface area contributed by atoms with Crippen LogP contribution in [0, 0.1) is 16.7 Å². The van der Waals surface area contributed by atoms with Crippen molar-refractivity contribution in [3.05, 3.63) is 54.1 Å². The van der Waals surface area contributed by atoms with Crippen LogP contribution >= 0.6 is 0 Å². The molecule has 1 aliphatic carbocycles. The molecule has 178 valence electrons. The first-order chi connectivity index (χ1) is 15.9. The SMILES string of the molecule is CCCCCCC(C)Oc1ccc(-c2ccc(C3CCC(C#N)(CC(C)O)CC3)cc2)cc1. The van der Waals surface area contributed by atoms with Gasteiger partial charge in [-0.25, -0.2) is 0 Å². The number of benzene rings is 2. The molecule has 33 heavy (non-hydrogen) atoms. The van der Waals surface area contributed by atoms with Gasteiger partial charge in [-0.2, -0.15) is 5.26 Å². The van der Waals surface area contributed by atoms with Crippen LogP contribution in [0.1, 0.15) is 96.5 Å². The molecular formula is C30H41NO2. The first kappa shape index (κ1) is 25.3. The van der Waals surface area contributed by atoms with E-state index in [-0.39, 0.29) is 11.5 Å². The van der Waals surface area contributed by atoms with Crippen LogP contribution in [0.4, 0.5) is 0 Å². The summed E-state index contributed by atoms with van der Waals surface area (Å²) in [4.78, 5) is 0. The second-order valence-corrected chi connectivity index (χ2v) is 10.1. The lowest BCUT2D eigenvalue weighted by molar-refractivity contribution is 0.111. The smallest absolute Gasteiger partial charge is 0.119 e. The maximum Gasteiger partial charge on any atom is 0.119 e. The lowest BCUT2D eigenvalue weighted by atomic mass is 9.67. The Morgan fingerprint density at radius 3 is 2.12 bits per heavy atom. The molecule has 0 aromatic heterocycles. The van der Waals surface area contributed by atoms with Crippen LogP contribution in [-0.4, -0.2) is 17.3 Å². The van der Waals surface area contributed by atoms with Crippen LogP contribution in [0.15, 0.2) is 48.5 Å². The topological polar surface area (TPSA) is 53.2 Å². The number of rotatable bonds is 11. The molecule has 0 aliphatic heterocycles. The summed E-state index contributed by atoms with van der Waals surface area (Å²) in [7, 11) is 0. The van der Waals surface area contributed by atoms with Gasteiger partial charge in [0.25, 0.3) is 0 Å². The summed E-state index contributed by atoms with van der Waals surface area (Å²) >= 11 is 0. The molecule has 2 atom stereocenters. The van der Waals surface area contributed by atoms with Gasteiger partial charge in [0.1, 0.15) is 5.75 Å². The van der Waals surface area contributed by atoms with Crippen LogP contribution in [0.3, 0.4) is 0 Å². The fourth-order valence-electron chi connectivity index (χ4n) is 5.25. The van der Waals surface area contributed by atoms with Crippen molar-refractivity contribution >= 4 is 0 Å². The maximum atomic E-state index is 9.78. The Kier molecular flexibility index (Phi) is 9.39. The Labute approximate surface area is 200 Å². The highest BCUT2D eigenvalue weighted by molar-refractivity contribution is 5.64. The average Bonchev–Trinajstić information content (AvgIpc) is 2.83. The fourth-order valence-corrected chi connectivity index (χ4v) is 5.25. The second kappa shape index (κ2) is 12.2. The minimum atomic E-state index is -0.411. The highest BCUT2D eigenvalue weighted by atomic mass is 16.5. The molecule has 2 aromatic carbocycles. The fraction of sp³-hybridized carbons (Fsp3) is 0.567. The van der Waals surface area contributed by atoms with Crippen LogP contribution in [0.25, 0.3) is 11.1 Å². The van der Waals surface area contributed by atoms with Crippen LogP contribution in [-0.2, 0) is 0 Å². The van der Waals surface area contributed by atoms with Gasteiger partial charge in [0, 0.05) is 0 Å². The highest BCUT2D eigenvalue weighted by Crippen LogP contribution is 2.45. The predicted molar refractivity (Wildman–Crippen MR) is 136 cm³/mol.